The minimum Gasteiger partial charge on any atom is -0.370 e. The van der Waals surface area contributed by atoms with E-state index in [2.05, 4.69) is 32.8 Å². The second kappa shape index (κ2) is 7.23. The number of carbonyl (C=O) groups is 1. The fourth-order valence-corrected chi connectivity index (χ4v) is 1.80. The van der Waals surface area contributed by atoms with Gasteiger partial charge in [-0.25, -0.2) is 9.97 Å². The number of anilines is 4. The van der Waals surface area contributed by atoms with Crippen LogP contribution < -0.4 is 16.0 Å². The Kier molecular flexibility index (Phi) is 5.09. The Morgan fingerprint density at radius 1 is 1.14 bits per heavy atom. The highest BCUT2D eigenvalue weighted by Crippen LogP contribution is 2.19. The summed E-state index contributed by atoms with van der Waals surface area (Å²) in [6, 6.07) is 9.31. The summed E-state index contributed by atoms with van der Waals surface area (Å²) in [5, 5.41) is 9.15. The van der Waals surface area contributed by atoms with E-state index in [4.69, 9.17) is 0 Å². The van der Waals surface area contributed by atoms with Crippen molar-refractivity contribution in [1.29, 1.82) is 0 Å². The van der Waals surface area contributed by atoms with Crippen molar-refractivity contribution in [2.24, 2.45) is 0 Å². The summed E-state index contributed by atoms with van der Waals surface area (Å²) < 4.78 is 0. The van der Waals surface area contributed by atoms with Crippen LogP contribution in [0.4, 0.5) is 23.0 Å². The zero-order chi connectivity index (χ0) is 15.1. The predicted molar refractivity (Wildman–Crippen MR) is 84.8 cm³/mol. The summed E-state index contributed by atoms with van der Waals surface area (Å²) in [4.78, 5) is 19.4. The van der Waals surface area contributed by atoms with Gasteiger partial charge in [-0.05, 0) is 24.6 Å². The van der Waals surface area contributed by atoms with Gasteiger partial charge in [0.25, 0.3) is 0 Å². The number of benzene rings is 1. The maximum atomic E-state index is 11.1. The van der Waals surface area contributed by atoms with Gasteiger partial charge in [-0.3, -0.25) is 4.79 Å². The van der Waals surface area contributed by atoms with Crippen LogP contribution in [0.2, 0.25) is 0 Å². The standard InChI is InChI=1S/C15H19N5O/c1-3-7-16-14-9-15(18-10-17-14)20-13-6-4-5-12(8-13)19-11(2)21/h4-6,8-10H,3,7H2,1-2H3,(H,19,21)(H2,16,17,18,20). The average Bonchev–Trinajstić information content (AvgIpc) is 2.45. The van der Waals surface area contributed by atoms with E-state index < -0.39 is 0 Å². The Hall–Kier alpha value is -2.63. The molecular formula is C15H19N5O. The van der Waals surface area contributed by atoms with Gasteiger partial charge >= 0.3 is 0 Å². The first-order chi connectivity index (χ1) is 10.2. The lowest BCUT2D eigenvalue weighted by Crippen LogP contribution is -2.06. The first-order valence-electron chi connectivity index (χ1n) is 6.88. The summed E-state index contributed by atoms with van der Waals surface area (Å²) in [5.41, 5.74) is 1.59. The lowest BCUT2D eigenvalue weighted by Gasteiger charge is -2.09. The van der Waals surface area contributed by atoms with E-state index in [-0.39, 0.29) is 5.91 Å². The highest BCUT2D eigenvalue weighted by molar-refractivity contribution is 5.89. The van der Waals surface area contributed by atoms with Gasteiger partial charge in [-0.15, -0.1) is 0 Å². The van der Waals surface area contributed by atoms with Crippen molar-refractivity contribution in [2.75, 3.05) is 22.5 Å². The molecule has 21 heavy (non-hydrogen) atoms. The van der Waals surface area contributed by atoms with Gasteiger partial charge in [-0.1, -0.05) is 13.0 Å². The van der Waals surface area contributed by atoms with Crippen LogP contribution >= 0.6 is 0 Å². The van der Waals surface area contributed by atoms with Crippen LogP contribution in [-0.4, -0.2) is 22.4 Å². The maximum Gasteiger partial charge on any atom is 0.221 e. The fraction of sp³-hybridized carbons (Fsp3) is 0.267. The Morgan fingerprint density at radius 3 is 2.67 bits per heavy atom. The maximum absolute atomic E-state index is 11.1. The third kappa shape index (κ3) is 4.76. The van der Waals surface area contributed by atoms with E-state index in [1.54, 1.807) is 0 Å². The Labute approximate surface area is 124 Å². The highest BCUT2D eigenvalue weighted by Gasteiger charge is 2.01. The lowest BCUT2D eigenvalue weighted by atomic mass is 10.2. The van der Waals surface area contributed by atoms with Crippen LogP contribution in [0, 0.1) is 0 Å². The van der Waals surface area contributed by atoms with Gasteiger partial charge in [0.15, 0.2) is 0 Å². The van der Waals surface area contributed by atoms with E-state index in [0.717, 1.165) is 30.2 Å². The third-order valence-corrected chi connectivity index (χ3v) is 2.68. The van der Waals surface area contributed by atoms with Crippen molar-refractivity contribution in [3.8, 4) is 0 Å². The molecule has 0 aliphatic rings. The molecule has 0 aliphatic heterocycles. The molecule has 0 atom stereocenters. The molecule has 0 radical (unpaired) electrons. The number of carbonyl (C=O) groups excluding carboxylic acids is 1. The number of nitrogens with one attached hydrogen (secondary N) is 3. The minimum atomic E-state index is -0.0970. The number of hydrogen-bond donors (Lipinski definition) is 3. The van der Waals surface area contributed by atoms with E-state index in [1.807, 2.05) is 30.3 Å². The zero-order valence-corrected chi connectivity index (χ0v) is 12.2. The average molecular weight is 285 g/mol. The Morgan fingerprint density at radius 2 is 1.90 bits per heavy atom. The number of aromatic nitrogens is 2. The van der Waals surface area contributed by atoms with E-state index >= 15 is 0 Å². The van der Waals surface area contributed by atoms with Crippen molar-refractivity contribution in [3.63, 3.8) is 0 Å². The topological polar surface area (TPSA) is 78.9 Å². The Bertz CT molecular complexity index is 615. The fourth-order valence-electron chi connectivity index (χ4n) is 1.80. The molecule has 1 heterocycles. The molecule has 1 aromatic carbocycles. The summed E-state index contributed by atoms with van der Waals surface area (Å²) in [5.74, 6) is 1.39. The quantitative estimate of drug-likeness (QED) is 0.760. The van der Waals surface area contributed by atoms with Gasteiger partial charge in [0, 0.05) is 30.9 Å². The highest BCUT2D eigenvalue weighted by atomic mass is 16.1. The molecule has 1 amide bonds. The van der Waals surface area contributed by atoms with Crippen molar-refractivity contribution >= 4 is 28.9 Å². The van der Waals surface area contributed by atoms with Crippen molar-refractivity contribution in [3.05, 3.63) is 36.7 Å². The van der Waals surface area contributed by atoms with E-state index in [9.17, 15) is 4.79 Å². The van der Waals surface area contributed by atoms with Crippen LogP contribution in [-0.2, 0) is 4.79 Å². The van der Waals surface area contributed by atoms with Crippen molar-refractivity contribution in [2.45, 2.75) is 20.3 Å². The van der Waals surface area contributed by atoms with Gasteiger partial charge in [-0.2, -0.15) is 0 Å². The van der Waals surface area contributed by atoms with Gasteiger partial charge < -0.3 is 16.0 Å². The molecule has 2 aromatic rings. The molecule has 1 aromatic heterocycles. The normalized spacial score (nSPS) is 10.0. The molecule has 0 spiro atoms. The summed E-state index contributed by atoms with van der Waals surface area (Å²) in [6.45, 7) is 4.45. The molecule has 2 rings (SSSR count). The molecule has 6 nitrogen and oxygen atoms in total. The van der Waals surface area contributed by atoms with Gasteiger partial charge in [0.1, 0.15) is 18.0 Å². The van der Waals surface area contributed by atoms with Crippen LogP contribution in [0.3, 0.4) is 0 Å². The van der Waals surface area contributed by atoms with E-state index in [1.165, 1.54) is 13.3 Å². The Balaban J connectivity index is 2.08. The summed E-state index contributed by atoms with van der Waals surface area (Å²) >= 11 is 0. The van der Waals surface area contributed by atoms with Gasteiger partial charge in [0.05, 0.1) is 0 Å². The molecule has 0 saturated carbocycles. The van der Waals surface area contributed by atoms with Crippen LogP contribution in [0.5, 0.6) is 0 Å². The molecule has 110 valence electrons. The second-order valence-corrected chi connectivity index (χ2v) is 4.60. The number of rotatable bonds is 6. The monoisotopic (exact) mass is 285 g/mol. The molecule has 0 fully saturated rings. The number of hydrogen-bond acceptors (Lipinski definition) is 5. The molecular weight excluding hydrogens is 266 g/mol. The second-order valence-electron chi connectivity index (χ2n) is 4.60. The molecule has 3 N–H and O–H groups in total. The SMILES string of the molecule is CCCNc1cc(Nc2cccc(NC(C)=O)c2)ncn1. The van der Waals surface area contributed by atoms with Crippen molar-refractivity contribution in [1.82, 2.24) is 9.97 Å². The van der Waals surface area contributed by atoms with E-state index in [0.29, 0.717) is 5.82 Å². The number of nitrogens with zero attached hydrogens (tertiary/aromatic N) is 2. The molecule has 6 heteroatoms. The molecule has 0 unspecified atom stereocenters. The van der Waals surface area contributed by atoms with Crippen molar-refractivity contribution < 1.29 is 4.79 Å². The molecule has 0 bridgehead atoms. The molecule has 0 saturated heterocycles. The predicted octanol–water partition coefficient (Wildman–Crippen LogP) is 3.00. The zero-order valence-electron chi connectivity index (χ0n) is 12.2. The third-order valence-electron chi connectivity index (χ3n) is 2.68. The minimum absolute atomic E-state index is 0.0970. The summed E-state index contributed by atoms with van der Waals surface area (Å²) in [7, 11) is 0. The smallest absolute Gasteiger partial charge is 0.221 e. The molecule has 0 aliphatic carbocycles. The number of amides is 1. The largest absolute Gasteiger partial charge is 0.370 e. The van der Waals surface area contributed by atoms with Crippen LogP contribution in [0.1, 0.15) is 20.3 Å². The van der Waals surface area contributed by atoms with Crippen LogP contribution in [0.25, 0.3) is 0 Å². The van der Waals surface area contributed by atoms with Crippen LogP contribution in [0.15, 0.2) is 36.7 Å². The lowest BCUT2D eigenvalue weighted by molar-refractivity contribution is -0.114. The first-order valence-corrected chi connectivity index (χ1v) is 6.88. The first kappa shape index (κ1) is 14.8. The summed E-state index contributed by atoms with van der Waals surface area (Å²) in [6.07, 6.45) is 2.55. The van der Waals surface area contributed by atoms with Gasteiger partial charge in [0.2, 0.25) is 5.91 Å².